The minimum atomic E-state index is -4.65. The molecular formula is C27H26F3N3O4S. The van der Waals surface area contributed by atoms with Crippen molar-refractivity contribution in [1.82, 2.24) is 0 Å². The summed E-state index contributed by atoms with van der Waals surface area (Å²) in [6, 6.07) is 12.6. The van der Waals surface area contributed by atoms with Crippen LogP contribution in [0.4, 0.5) is 18.9 Å². The van der Waals surface area contributed by atoms with Crippen LogP contribution < -0.4 is 4.90 Å². The second-order valence-corrected chi connectivity index (χ2v) is 9.09. The van der Waals surface area contributed by atoms with Crippen molar-refractivity contribution in [3.8, 4) is 6.07 Å². The van der Waals surface area contributed by atoms with Gasteiger partial charge in [0, 0.05) is 23.1 Å². The lowest BCUT2D eigenvalue weighted by molar-refractivity contribution is -0.146. The number of nitriles is 1. The van der Waals surface area contributed by atoms with E-state index in [0.29, 0.717) is 11.1 Å². The Morgan fingerprint density at radius 1 is 1.11 bits per heavy atom. The number of ether oxygens (including phenoxy) is 2. The molecule has 0 fully saturated rings. The maximum atomic E-state index is 13.6. The molecule has 2 aromatic rings. The molecule has 200 valence electrons. The van der Waals surface area contributed by atoms with Crippen LogP contribution in [-0.4, -0.2) is 43.0 Å². The summed E-state index contributed by atoms with van der Waals surface area (Å²) < 4.78 is 51.3. The van der Waals surface area contributed by atoms with Gasteiger partial charge in [0.1, 0.15) is 11.8 Å². The number of carbonyl (C=O) groups excluding carboxylic acids is 2. The van der Waals surface area contributed by atoms with Crippen molar-refractivity contribution in [2.24, 2.45) is 5.92 Å². The van der Waals surface area contributed by atoms with E-state index in [1.54, 1.807) is 32.2 Å². The molecule has 0 amide bonds. The Morgan fingerprint density at radius 3 is 2.32 bits per heavy atom. The third-order valence-electron chi connectivity index (χ3n) is 5.91. The molecule has 0 saturated heterocycles. The van der Waals surface area contributed by atoms with E-state index >= 15 is 0 Å². The van der Waals surface area contributed by atoms with E-state index in [1.807, 2.05) is 6.07 Å². The van der Waals surface area contributed by atoms with Gasteiger partial charge in [-0.25, -0.2) is 4.79 Å². The number of amidine groups is 1. The Kier molecular flexibility index (Phi) is 9.22. The molecule has 1 aliphatic rings. The zero-order valence-electron chi connectivity index (χ0n) is 21.0. The minimum Gasteiger partial charge on any atom is -0.465 e. The van der Waals surface area contributed by atoms with Gasteiger partial charge in [0.15, 0.2) is 0 Å². The van der Waals surface area contributed by atoms with Crippen LogP contribution in [-0.2, 0) is 25.2 Å². The quantitative estimate of drug-likeness (QED) is 0.436. The molecule has 3 rings (SSSR count). The monoisotopic (exact) mass is 545 g/mol. The fraction of sp³-hybridized carbons (Fsp3) is 0.333. The SMILES string of the molecule is CCOC(=O)C1=C(CSC)N(c2cccc(C(F)(F)F)c2)C(=N)C(C(=O)OCC)C1c1ccc(C#N)cc1. The number of nitrogens with one attached hydrogen (secondary N) is 1. The molecule has 1 heterocycles. The van der Waals surface area contributed by atoms with Gasteiger partial charge in [-0.05, 0) is 56.0 Å². The highest BCUT2D eigenvalue weighted by Crippen LogP contribution is 2.45. The molecule has 7 nitrogen and oxygen atoms in total. The number of nitrogens with zero attached hydrogens (tertiary/aromatic N) is 2. The number of hydrogen-bond donors (Lipinski definition) is 1. The van der Waals surface area contributed by atoms with Crippen LogP contribution in [0, 0.1) is 22.7 Å². The minimum absolute atomic E-state index is 0.0115. The summed E-state index contributed by atoms with van der Waals surface area (Å²) in [7, 11) is 0. The average molecular weight is 546 g/mol. The van der Waals surface area contributed by atoms with E-state index in [-0.39, 0.29) is 41.8 Å². The van der Waals surface area contributed by atoms with Gasteiger partial charge in [-0.1, -0.05) is 18.2 Å². The molecule has 1 N–H and O–H groups in total. The molecule has 1 aliphatic heterocycles. The van der Waals surface area contributed by atoms with E-state index in [2.05, 4.69) is 0 Å². The number of esters is 2. The number of carbonyl (C=O) groups is 2. The van der Waals surface area contributed by atoms with Gasteiger partial charge in [0.2, 0.25) is 0 Å². The predicted octanol–water partition coefficient (Wildman–Crippen LogP) is 5.52. The molecule has 0 radical (unpaired) electrons. The number of halogens is 3. The third-order valence-corrected chi connectivity index (χ3v) is 6.47. The van der Waals surface area contributed by atoms with Gasteiger partial charge in [-0.3, -0.25) is 10.2 Å². The summed E-state index contributed by atoms with van der Waals surface area (Å²) in [6.07, 6.45) is -2.90. The average Bonchev–Trinajstić information content (AvgIpc) is 2.88. The topological polar surface area (TPSA) is 103 Å². The van der Waals surface area contributed by atoms with Crippen molar-refractivity contribution >= 4 is 35.2 Å². The van der Waals surface area contributed by atoms with Gasteiger partial charge in [0.25, 0.3) is 0 Å². The first-order valence-electron chi connectivity index (χ1n) is 11.7. The largest absolute Gasteiger partial charge is 0.465 e. The first kappa shape index (κ1) is 28.8. The summed E-state index contributed by atoms with van der Waals surface area (Å²) in [5.74, 6) is -4.18. The van der Waals surface area contributed by atoms with Crippen LogP contribution in [0.15, 0.2) is 59.8 Å². The Morgan fingerprint density at radius 2 is 1.76 bits per heavy atom. The van der Waals surface area contributed by atoms with Crippen molar-refractivity contribution < 1.29 is 32.2 Å². The van der Waals surface area contributed by atoms with Crippen molar-refractivity contribution in [2.75, 3.05) is 30.1 Å². The lowest BCUT2D eigenvalue weighted by Gasteiger charge is -2.41. The van der Waals surface area contributed by atoms with Crippen molar-refractivity contribution in [3.05, 3.63) is 76.5 Å². The van der Waals surface area contributed by atoms with Gasteiger partial charge in [0.05, 0.1) is 36.0 Å². The van der Waals surface area contributed by atoms with E-state index in [4.69, 9.17) is 14.9 Å². The maximum Gasteiger partial charge on any atom is 0.416 e. The van der Waals surface area contributed by atoms with Crippen LogP contribution in [0.1, 0.15) is 36.5 Å². The maximum absolute atomic E-state index is 13.6. The van der Waals surface area contributed by atoms with E-state index in [1.165, 1.54) is 40.9 Å². The molecule has 2 unspecified atom stereocenters. The van der Waals surface area contributed by atoms with Crippen LogP contribution in [0.5, 0.6) is 0 Å². The fourth-order valence-electron chi connectivity index (χ4n) is 4.36. The van der Waals surface area contributed by atoms with E-state index in [9.17, 15) is 28.0 Å². The third kappa shape index (κ3) is 5.86. The number of benzene rings is 2. The van der Waals surface area contributed by atoms with Crippen LogP contribution in [0.25, 0.3) is 0 Å². The molecule has 0 bridgehead atoms. The highest BCUT2D eigenvalue weighted by atomic mass is 32.2. The number of hydrogen-bond acceptors (Lipinski definition) is 7. The van der Waals surface area contributed by atoms with Gasteiger partial charge in [-0.2, -0.15) is 30.2 Å². The van der Waals surface area contributed by atoms with Crippen molar-refractivity contribution in [3.63, 3.8) is 0 Å². The standard InChI is InChI=1S/C27H26F3N3O4S/c1-4-36-25(34)22-20(15-38-3)33(19-8-6-7-18(13-19)27(28,29)30)24(32)23(26(35)37-5-2)21(22)17-11-9-16(14-31)10-12-17/h6-13,21,23,32H,4-5,15H2,1-3H3. The zero-order chi connectivity index (χ0) is 28.0. The molecular weight excluding hydrogens is 519 g/mol. The summed E-state index contributed by atoms with van der Waals surface area (Å²) >= 11 is 1.30. The van der Waals surface area contributed by atoms with Gasteiger partial charge in [-0.15, -0.1) is 0 Å². The lowest BCUT2D eigenvalue weighted by atomic mass is 9.75. The summed E-state index contributed by atoms with van der Waals surface area (Å²) in [6.45, 7) is 3.21. The number of thioether (sulfide) groups is 1. The Bertz CT molecular complexity index is 1290. The van der Waals surface area contributed by atoms with Crippen LogP contribution in [0.2, 0.25) is 0 Å². The summed E-state index contributed by atoms with van der Waals surface area (Å²) in [4.78, 5) is 28.0. The van der Waals surface area contributed by atoms with Crippen molar-refractivity contribution in [1.29, 1.82) is 10.7 Å². The Labute approximate surface area is 222 Å². The van der Waals surface area contributed by atoms with Crippen LogP contribution in [0.3, 0.4) is 0 Å². The lowest BCUT2D eigenvalue weighted by Crippen LogP contribution is -2.49. The molecule has 0 aromatic heterocycles. The zero-order valence-corrected chi connectivity index (χ0v) is 21.8. The predicted molar refractivity (Wildman–Crippen MR) is 138 cm³/mol. The van der Waals surface area contributed by atoms with Crippen LogP contribution >= 0.6 is 11.8 Å². The number of rotatable bonds is 8. The molecule has 11 heteroatoms. The highest BCUT2D eigenvalue weighted by Gasteiger charge is 2.48. The van der Waals surface area contributed by atoms with E-state index < -0.39 is 35.5 Å². The van der Waals surface area contributed by atoms with Gasteiger partial charge >= 0.3 is 18.1 Å². The number of anilines is 1. The summed E-state index contributed by atoms with van der Waals surface area (Å²) in [5, 5.41) is 18.3. The molecule has 0 spiro atoms. The first-order chi connectivity index (χ1) is 18.1. The molecule has 2 aromatic carbocycles. The Hall–Kier alpha value is -3.78. The normalized spacial score (nSPS) is 17.7. The fourth-order valence-corrected chi connectivity index (χ4v) is 4.92. The second kappa shape index (κ2) is 12.2. The molecule has 0 saturated carbocycles. The van der Waals surface area contributed by atoms with Gasteiger partial charge < -0.3 is 14.4 Å². The smallest absolute Gasteiger partial charge is 0.416 e. The van der Waals surface area contributed by atoms with Crippen molar-refractivity contribution in [2.45, 2.75) is 25.9 Å². The first-order valence-corrected chi connectivity index (χ1v) is 13.1. The molecule has 0 aliphatic carbocycles. The van der Waals surface area contributed by atoms with E-state index in [0.717, 1.165) is 12.1 Å². The highest BCUT2D eigenvalue weighted by molar-refractivity contribution is 7.98. The second-order valence-electron chi connectivity index (χ2n) is 8.22. The molecule has 38 heavy (non-hydrogen) atoms. The number of alkyl halides is 3. The Balaban J connectivity index is 2.38. The molecule has 2 atom stereocenters. The summed E-state index contributed by atoms with van der Waals surface area (Å²) in [5.41, 5.74) is 0.114.